The molecule has 3 rings (SSSR count). The van der Waals surface area contributed by atoms with E-state index in [1.807, 2.05) is 6.07 Å². The summed E-state index contributed by atoms with van der Waals surface area (Å²) in [4.78, 5) is 2.54. The highest BCUT2D eigenvalue weighted by molar-refractivity contribution is 5.45. The molecule has 1 atom stereocenters. The van der Waals surface area contributed by atoms with Gasteiger partial charge in [-0.05, 0) is 60.7 Å². The molecule has 1 unspecified atom stereocenters. The van der Waals surface area contributed by atoms with Crippen LogP contribution in [0.4, 0.5) is 10.1 Å². The van der Waals surface area contributed by atoms with Crippen LogP contribution in [0.3, 0.4) is 0 Å². The molecule has 0 saturated carbocycles. The van der Waals surface area contributed by atoms with Gasteiger partial charge >= 0.3 is 0 Å². The van der Waals surface area contributed by atoms with Crippen molar-refractivity contribution in [3.05, 3.63) is 65.5 Å². The molecule has 0 aromatic heterocycles. The van der Waals surface area contributed by atoms with Gasteiger partial charge in [0.2, 0.25) is 0 Å². The highest BCUT2D eigenvalue weighted by atomic mass is 19.1. The molecule has 0 bridgehead atoms. The third-order valence-corrected chi connectivity index (χ3v) is 4.49. The van der Waals surface area contributed by atoms with Crippen LogP contribution < -0.4 is 5.32 Å². The van der Waals surface area contributed by atoms with E-state index in [0.29, 0.717) is 6.54 Å². The van der Waals surface area contributed by atoms with Gasteiger partial charge in [-0.3, -0.25) is 4.90 Å². The molecule has 2 aromatic carbocycles. The van der Waals surface area contributed by atoms with Gasteiger partial charge in [-0.1, -0.05) is 31.2 Å². The molecule has 1 aliphatic heterocycles. The molecule has 1 fully saturated rings. The van der Waals surface area contributed by atoms with Crippen LogP contribution in [-0.4, -0.2) is 18.0 Å². The van der Waals surface area contributed by atoms with E-state index in [1.165, 1.54) is 37.6 Å². The van der Waals surface area contributed by atoms with Crippen LogP contribution in [0.25, 0.3) is 0 Å². The van der Waals surface area contributed by atoms with E-state index in [2.05, 4.69) is 41.4 Å². The van der Waals surface area contributed by atoms with Crippen LogP contribution in [0.2, 0.25) is 0 Å². The van der Waals surface area contributed by atoms with Gasteiger partial charge in [0.05, 0.1) is 0 Å². The number of halogens is 1. The summed E-state index contributed by atoms with van der Waals surface area (Å²) in [5.41, 5.74) is 3.39. The topological polar surface area (TPSA) is 15.3 Å². The molecule has 0 aliphatic carbocycles. The monoisotopic (exact) mass is 312 g/mol. The van der Waals surface area contributed by atoms with Crippen LogP contribution in [-0.2, 0) is 13.1 Å². The van der Waals surface area contributed by atoms with Crippen molar-refractivity contribution in [3.8, 4) is 0 Å². The summed E-state index contributed by atoms with van der Waals surface area (Å²) in [6, 6.07) is 15.3. The second-order valence-corrected chi connectivity index (χ2v) is 6.66. The zero-order valence-electron chi connectivity index (χ0n) is 13.8. The van der Waals surface area contributed by atoms with Crippen molar-refractivity contribution in [2.75, 3.05) is 18.4 Å². The Kier molecular flexibility index (Phi) is 5.29. The molecule has 122 valence electrons. The fourth-order valence-corrected chi connectivity index (χ4v) is 3.27. The van der Waals surface area contributed by atoms with Crippen molar-refractivity contribution in [1.82, 2.24) is 4.90 Å². The van der Waals surface area contributed by atoms with Gasteiger partial charge in [-0.25, -0.2) is 4.39 Å². The highest BCUT2D eigenvalue weighted by Gasteiger charge is 2.15. The Bertz CT molecular complexity index is 624. The van der Waals surface area contributed by atoms with Gasteiger partial charge in [-0.2, -0.15) is 0 Å². The number of nitrogens with zero attached hydrogens (tertiary/aromatic N) is 1. The second-order valence-electron chi connectivity index (χ2n) is 6.66. The molecule has 2 aromatic rings. The fraction of sp³-hybridized carbons (Fsp3) is 0.400. The van der Waals surface area contributed by atoms with Crippen molar-refractivity contribution < 1.29 is 4.39 Å². The minimum atomic E-state index is -0.185. The lowest BCUT2D eigenvalue weighted by Crippen LogP contribution is -2.33. The first kappa shape index (κ1) is 16.0. The average molecular weight is 312 g/mol. The summed E-state index contributed by atoms with van der Waals surface area (Å²) in [6.45, 7) is 6.43. The van der Waals surface area contributed by atoms with E-state index < -0.39 is 0 Å². The van der Waals surface area contributed by atoms with Gasteiger partial charge in [0.1, 0.15) is 5.82 Å². The first-order chi connectivity index (χ1) is 11.2. The van der Waals surface area contributed by atoms with E-state index in [9.17, 15) is 4.39 Å². The molecular weight excluding hydrogens is 287 g/mol. The number of hydrogen-bond acceptors (Lipinski definition) is 2. The molecule has 1 heterocycles. The SMILES string of the molecule is CC1CCCN(Cc2ccc(NCc3cccc(F)c3)cc2)C1. The van der Waals surface area contributed by atoms with Crippen LogP contribution >= 0.6 is 0 Å². The van der Waals surface area contributed by atoms with Gasteiger partial charge in [0.15, 0.2) is 0 Å². The second kappa shape index (κ2) is 7.60. The van der Waals surface area contributed by atoms with E-state index in [-0.39, 0.29) is 5.82 Å². The maximum absolute atomic E-state index is 13.2. The summed E-state index contributed by atoms with van der Waals surface area (Å²) in [5.74, 6) is 0.631. The zero-order valence-corrected chi connectivity index (χ0v) is 13.8. The largest absolute Gasteiger partial charge is 0.381 e. The van der Waals surface area contributed by atoms with Crippen molar-refractivity contribution in [3.63, 3.8) is 0 Å². The third-order valence-electron chi connectivity index (χ3n) is 4.49. The third kappa shape index (κ3) is 4.80. The Balaban J connectivity index is 1.52. The van der Waals surface area contributed by atoms with E-state index >= 15 is 0 Å². The van der Waals surface area contributed by atoms with Crippen LogP contribution in [0.5, 0.6) is 0 Å². The number of rotatable bonds is 5. The minimum absolute atomic E-state index is 0.185. The molecule has 1 saturated heterocycles. The number of hydrogen-bond donors (Lipinski definition) is 1. The molecule has 1 N–H and O–H groups in total. The molecular formula is C20H25FN2. The first-order valence-electron chi connectivity index (χ1n) is 8.48. The van der Waals surface area contributed by atoms with E-state index in [0.717, 1.165) is 23.7 Å². The summed E-state index contributed by atoms with van der Waals surface area (Å²) in [7, 11) is 0. The molecule has 0 radical (unpaired) electrons. The lowest BCUT2D eigenvalue weighted by molar-refractivity contribution is 0.176. The Morgan fingerprint density at radius 3 is 2.70 bits per heavy atom. The van der Waals surface area contributed by atoms with Crippen LogP contribution in [0.1, 0.15) is 30.9 Å². The number of anilines is 1. The molecule has 2 nitrogen and oxygen atoms in total. The smallest absolute Gasteiger partial charge is 0.123 e. The quantitative estimate of drug-likeness (QED) is 0.863. The minimum Gasteiger partial charge on any atom is -0.381 e. The Hall–Kier alpha value is -1.87. The molecule has 3 heteroatoms. The number of nitrogens with one attached hydrogen (secondary N) is 1. The summed E-state index contributed by atoms with van der Waals surface area (Å²) in [6.07, 6.45) is 2.67. The number of likely N-dealkylation sites (tertiary alicyclic amines) is 1. The van der Waals surface area contributed by atoms with Crippen molar-refractivity contribution in [2.24, 2.45) is 5.92 Å². The lowest BCUT2D eigenvalue weighted by Gasteiger charge is -2.30. The van der Waals surface area contributed by atoms with Crippen LogP contribution in [0.15, 0.2) is 48.5 Å². The Labute approximate surface area is 138 Å². The maximum Gasteiger partial charge on any atom is 0.123 e. The number of piperidine rings is 1. The maximum atomic E-state index is 13.2. The van der Waals surface area contributed by atoms with Gasteiger partial charge in [-0.15, -0.1) is 0 Å². The van der Waals surface area contributed by atoms with Gasteiger partial charge in [0.25, 0.3) is 0 Å². The van der Waals surface area contributed by atoms with Gasteiger partial charge < -0.3 is 5.32 Å². The normalized spacial score (nSPS) is 18.8. The first-order valence-corrected chi connectivity index (χ1v) is 8.48. The highest BCUT2D eigenvalue weighted by Crippen LogP contribution is 2.19. The standard InChI is InChI=1S/C20H25FN2/c1-16-4-3-11-23(14-16)15-17-7-9-20(10-8-17)22-13-18-5-2-6-19(21)12-18/h2,5-10,12,16,22H,3-4,11,13-15H2,1H3. The van der Waals surface area contributed by atoms with Crippen molar-refractivity contribution in [1.29, 1.82) is 0 Å². The lowest BCUT2D eigenvalue weighted by atomic mass is 10.00. The Morgan fingerprint density at radius 1 is 1.13 bits per heavy atom. The Morgan fingerprint density at radius 2 is 1.96 bits per heavy atom. The fourth-order valence-electron chi connectivity index (χ4n) is 3.27. The summed E-state index contributed by atoms with van der Waals surface area (Å²) >= 11 is 0. The van der Waals surface area contributed by atoms with Gasteiger partial charge in [0, 0.05) is 25.3 Å². The van der Waals surface area contributed by atoms with Crippen molar-refractivity contribution in [2.45, 2.75) is 32.9 Å². The predicted octanol–water partition coefficient (Wildman–Crippen LogP) is 4.67. The molecule has 1 aliphatic rings. The summed E-state index contributed by atoms with van der Waals surface area (Å²) in [5, 5.41) is 3.35. The average Bonchev–Trinajstić information content (AvgIpc) is 2.54. The zero-order chi connectivity index (χ0) is 16.1. The molecule has 23 heavy (non-hydrogen) atoms. The summed E-state index contributed by atoms with van der Waals surface area (Å²) < 4.78 is 13.2. The van der Waals surface area contributed by atoms with Crippen molar-refractivity contribution >= 4 is 5.69 Å². The number of benzene rings is 2. The van der Waals surface area contributed by atoms with E-state index in [1.54, 1.807) is 12.1 Å². The molecule has 0 spiro atoms. The molecule has 0 amide bonds. The predicted molar refractivity (Wildman–Crippen MR) is 93.8 cm³/mol. The van der Waals surface area contributed by atoms with Crippen LogP contribution in [0, 0.1) is 11.7 Å². The van der Waals surface area contributed by atoms with E-state index in [4.69, 9.17) is 0 Å².